The summed E-state index contributed by atoms with van der Waals surface area (Å²) in [6.07, 6.45) is 3.04. The lowest BCUT2D eigenvalue weighted by Gasteiger charge is -2.33. The van der Waals surface area contributed by atoms with Crippen molar-refractivity contribution in [3.8, 4) is 5.75 Å². The summed E-state index contributed by atoms with van der Waals surface area (Å²) in [6, 6.07) is 15.3. The van der Waals surface area contributed by atoms with Crippen molar-refractivity contribution in [1.29, 1.82) is 0 Å². The van der Waals surface area contributed by atoms with E-state index in [0.717, 1.165) is 17.0 Å². The molecule has 1 fully saturated rings. The molecule has 9 nitrogen and oxygen atoms in total. The smallest absolute Gasteiger partial charge is 0.236 e. The molecule has 33 heavy (non-hydrogen) atoms. The first-order valence-corrected chi connectivity index (χ1v) is 10.8. The van der Waals surface area contributed by atoms with Gasteiger partial charge in [0.25, 0.3) is 0 Å². The normalized spacial score (nSPS) is 16.0. The molecule has 172 valence electrons. The Morgan fingerprint density at radius 1 is 1.21 bits per heavy atom. The number of benzene rings is 1. The number of hydrogen-bond acceptors (Lipinski definition) is 8. The van der Waals surface area contributed by atoms with Crippen LogP contribution in [0.15, 0.2) is 60.9 Å². The Kier molecular flexibility index (Phi) is 7.43. The highest BCUT2D eigenvalue weighted by Gasteiger charge is 2.27. The molecule has 1 saturated heterocycles. The highest BCUT2D eigenvalue weighted by molar-refractivity contribution is 5.78. The highest BCUT2D eigenvalue weighted by atomic mass is 16.5. The number of rotatable bonds is 8. The fraction of sp³-hybridized carbons (Fsp3) is 0.333. The van der Waals surface area contributed by atoms with Crippen LogP contribution in [0.5, 0.6) is 5.75 Å². The second-order valence-electron chi connectivity index (χ2n) is 7.87. The molecule has 0 aliphatic carbocycles. The predicted octanol–water partition coefficient (Wildman–Crippen LogP) is 2.66. The zero-order chi connectivity index (χ0) is 23.0. The number of likely N-dealkylation sites (N-methyl/N-ethyl adjacent to an activating group) is 1. The van der Waals surface area contributed by atoms with Gasteiger partial charge in [-0.3, -0.25) is 9.69 Å². The fourth-order valence-corrected chi connectivity index (χ4v) is 3.70. The predicted molar refractivity (Wildman–Crippen MR) is 124 cm³/mol. The van der Waals surface area contributed by atoms with Crippen molar-refractivity contribution in [3.05, 3.63) is 72.2 Å². The SMILES string of the molecule is COc1cccc(CN(C)CC(=O)N2CCO[C@@H](c3cccc(Nc4ncccn4)n3)C2)c1. The Morgan fingerprint density at radius 2 is 2.03 bits per heavy atom. The lowest BCUT2D eigenvalue weighted by Crippen LogP contribution is -2.46. The van der Waals surface area contributed by atoms with Crippen molar-refractivity contribution in [1.82, 2.24) is 24.8 Å². The van der Waals surface area contributed by atoms with Gasteiger partial charge in [0.2, 0.25) is 11.9 Å². The summed E-state index contributed by atoms with van der Waals surface area (Å²) < 4.78 is 11.2. The lowest BCUT2D eigenvalue weighted by molar-refractivity contribution is -0.140. The van der Waals surface area contributed by atoms with Gasteiger partial charge in [-0.25, -0.2) is 15.0 Å². The van der Waals surface area contributed by atoms with Crippen LogP contribution in [-0.4, -0.2) is 71.1 Å². The van der Waals surface area contributed by atoms with Gasteiger partial charge in [0.05, 0.1) is 32.5 Å². The second-order valence-corrected chi connectivity index (χ2v) is 7.87. The van der Waals surface area contributed by atoms with Crippen molar-refractivity contribution >= 4 is 17.7 Å². The van der Waals surface area contributed by atoms with E-state index in [9.17, 15) is 4.79 Å². The van der Waals surface area contributed by atoms with E-state index < -0.39 is 0 Å². The highest BCUT2D eigenvalue weighted by Crippen LogP contribution is 2.23. The standard InChI is InChI=1S/C24H28N6O3/c1-29(15-18-6-3-7-19(14-18)32-2)17-23(31)30-12-13-33-21(16-30)20-8-4-9-22(27-20)28-24-25-10-5-11-26-24/h3-11,14,21H,12-13,15-17H2,1-2H3,(H,25,26,27,28)/t21-/m1/s1. The number of carbonyl (C=O) groups is 1. The van der Waals surface area contributed by atoms with Crippen molar-refractivity contribution in [2.45, 2.75) is 12.6 Å². The van der Waals surface area contributed by atoms with Crippen LogP contribution in [0.25, 0.3) is 0 Å². The summed E-state index contributed by atoms with van der Waals surface area (Å²) in [7, 11) is 3.59. The molecule has 1 aliphatic rings. The van der Waals surface area contributed by atoms with Crippen LogP contribution in [-0.2, 0) is 16.1 Å². The number of carbonyl (C=O) groups excluding carboxylic acids is 1. The summed E-state index contributed by atoms with van der Waals surface area (Å²) in [4.78, 5) is 29.8. The summed E-state index contributed by atoms with van der Waals surface area (Å²) in [5.74, 6) is 1.98. The van der Waals surface area contributed by atoms with Crippen LogP contribution in [0.1, 0.15) is 17.4 Å². The molecular formula is C24H28N6O3. The number of amides is 1. The maximum atomic E-state index is 13.0. The van der Waals surface area contributed by atoms with E-state index in [1.165, 1.54) is 0 Å². The first kappa shape index (κ1) is 22.6. The van der Waals surface area contributed by atoms with Gasteiger partial charge in [-0.15, -0.1) is 0 Å². The summed E-state index contributed by atoms with van der Waals surface area (Å²) in [5, 5.41) is 3.09. The van der Waals surface area contributed by atoms with Gasteiger partial charge in [0.15, 0.2) is 0 Å². The Labute approximate surface area is 193 Å². The third-order valence-electron chi connectivity index (χ3n) is 5.32. The van der Waals surface area contributed by atoms with Crippen LogP contribution in [0, 0.1) is 0 Å². The molecule has 1 aromatic carbocycles. The molecule has 3 aromatic rings. The lowest BCUT2D eigenvalue weighted by atomic mass is 10.1. The van der Waals surface area contributed by atoms with E-state index in [0.29, 0.717) is 44.6 Å². The minimum atomic E-state index is -0.287. The summed E-state index contributed by atoms with van der Waals surface area (Å²) >= 11 is 0. The van der Waals surface area contributed by atoms with E-state index in [4.69, 9.17) is 9.47 Å². The van der Waals surface area contributed by atoms with Crippen LogP contribution >= 0.6 is 0 Å². The monoisotopic (exact) mass is 448 g/mol. The first-order chi connectivity index (χ1) is 16.1. The van der Waals surface area contributed by atoms with Crippen LogP contribution < -0.4 is 10.1 Å². The molecule has 9 heteroatoms. The maximum Gasteiger partial charge on any atom is 0.236 e. The van der Waals surface area contributed by atoms with Gasteiger partial charge in [0, 0.05) is 25.5 Å². The number of methoxy groups -OCH3 is 1. The third-order valence-corrected chi connectivity index (χ3v) is 5.32. The van der Waals surface area contributed by atoms with Crippen LogP contribution in [0.3, 0.4) is 0 Å². The van der Waals surface area contributed by atoms with Gasteiger partial charge < -0.3 is 19.7 Å². The second kappa shape index (κ2) is 10.8. The number of pyridine rings is 1. The molecule has 1 atom stereocenters. The van der Waals surface area contributed by atoms with Crippen LogP contribution in [0.4, 0.5) is 11.8 Å². The van der Waals surface area contributed by atoms with Gasteiger partial charge >= 0.3 is 0 Å². The van der Waals surface area contributed by atoms with E-state index in [1.54, 1.807) is 25.6 Å². The Bertz CT molecular complexity index is 1060. The van der Waals surface area contributed by atoms with Crippen molar-refractivity contribution < 1.29 is 14.3 Å². The Balaban J connectivity index is 1.35. The maximum absolute atomic E-state index is 13.0. The molecule has 2 aromatic heterocycles. The molecular weight excluding hydrogens is 420 g/mol. The largest absolute Gasteiger partial charge is 0.497 e. The number of ether oxygens (including phenoxy) is 2. The molecule has 4 rings (SSSR count). The molecule has 1 aliphatic heterocycles. The van der Waals surface area contributed by atoms with E-state index in [-0.39, 0.29) is 12.0 Å². The quantitative estimate of drug-likeness (QED) is 0.562. The van der Waals surface area contributed by atoms with Gasteiger partial charge in [0.1, 0.15) is 17.7 Å². The number of anilines is 2. The number of nitrogens with zero attached hydrogens (tertiary/aromatic N) is 5. The Hall–Kier alpha value is -3.56. The molecule has 0 saturated carbocycles. The summed E-state index contributed by atoms with van der Waals surface area (Å²) in [5.41, 5.74) is 1.86. The van der Waals surface area contributed by atoms with Crippen molar-refractivity contribution in [2.24, 2.45) is 0 Å². The van der Waals surface area contributed by atoms with Crippen molar-refractivity contribution in [2.75, 3.05) is 45.7 Å². The summed E-state index contributed by atoms with van der Waals surface area (Å²) in [6.45, 7) is 2.48. The van der Waals surface area contributed by atoms with Crippen LogP contribution in [0.2, 0.25) is 0 Å². The molecule has 1 amide bonds. The minimum Gasteiger partial charge on any atom is -0.497 e. The van der Waals surface area contributed by atoms with Gasteiger partial charge in [-0.1, -0.05) is 18.2 Å². The first-order valence-electron chi connectivity index (χ1n) is 10.8. The molecule has 0 spiro atoms. The number of hydrogen-bond donors (Lipinski definition) is 1. The zero-order valence-electron chi connectivity index (χ0n) is 18.8. The Morgan fingerprint density at radius 3 is 2.85 bits per heavy atom. The van der Waals surface area contributed by atoms with E-state index >= 15 is 0 Å². The molecule has 1 N–H and O–H groups in total. The van der Waals surface area contributed by atoms with E-state index in [1.807, 2.05) is 59.3 Å². The van der Waals surface area contributed by atoms with Gasteiger partial charge in [-0.05, 0) is 42.9 Å². The molecule has 0 unspecified atom stereocenters. The zero-order valence-corrected chi connectivity index (χ0v) is 18.8. The molecule has 0 bridgehead atoms. The fourth-order valence-electron chi connectivity index (χ4n) is 3.70. The average molecular weight is 449 g/mol. The average Bonchev–Trinajstić information content (AvgIpc) is 2.85. The molecule has 0 radical (unpaired) electrons. The molecule has 3 heterocycles. The van der Waals surface area contributed by atoms with Crippen molar-refractivity contribution in [3.63, 3.8) is 0 Å². The number of aromatic nitrogens is 3. The topological polar surface area (TPSA) is 92.7 Å². The minimum absolute atomic E-state index is 0.0701. The van der Waals surface area contributed by atoms with Gasteiger partial charge in [-0.2, -0.15) is 0 Å². The van der Waals surface area contributed by atoms with E-state index in [2.05, 4.69) is 20.3 Å². The third kappa shape index (κ3) is 6.24. The number of nitrogens with one attached hydrogen (secondary N) is 1. The number of morpholine rings is 1.